The van der Waals surface area contributed by atoms with Crippen LogP contribution in [0.15, 0.2) is 48.5 Å². The molecule has 0 heterocycles. The molecule has 4 rings (SSSR count). The summed E-state index contributed by atoms with van der Waals surface area (Å²) in [6.07, 6.45) is 6.47. The quantitative estimate of drug-likeness (QED) is 0.651. The number of aliphatic hydroxyl groups excluding tert-OH is 1. The molecule has 2 aliphatic carbocycles. The fourth-order valence-corrected chi connectivity index (χ4v) is 5.08. The van der Waals surface area contributed by atoms with E-state index in [1.54, 1.807) is 0 Å². The van der Waals surface area contributed by atoms with Crippen LogP contribution in [0.3, 0.4) is 0 Å². The van der Waals surface area contributed by atoms with Crippen LogP contribution in [-0.2, 0) is 12.8 Å². The minimum Gasteiger partial charge on any atom is -0.388 e. The van der Waals surface area contributed by atoms with Gasteiger partial charge in [-0.15, -0.1) is 12.4 Å². The molecule has 1 unspecified atom stereocenters. The Balaban J connectivity index is 0.00000240. The molecule has 1 atom stereocenters. The van der Waals surface area contributed by atoms with E-state index in [1.807, 2.05) is 30.3 Å². The van der Waals surface area contributed by atoms with Gasteiger partial charge in [-0.3, -0.25) is 4.79 Å². The fourth-order valence-electron chi connectivity index (χ4n) is 5.08. The lowest BCUT2D eigenvalue weighted by Gasteiger charge is -2.40. The third-order valence-corrected chi connectivity index (χ3v) is 6.92. The molecule has 0 aliphatic heterocycles. The molecule has 2 N–H and O–H groups in total. The number of hydrogen-bond acceptors (Lipinski definition) is 3. The van der Waals surface area contributed by atoms with Crippen molar-refractivity contribution in [2.75, 3.05) is 6.54 Å². The molecule has 2 aromatic rings. The Labute approximate surface area is 180 Å². The van der Waals surface area contributed by atoms with E-state index in [1.165, 1.54) is 11.1 Å². The molecule has 2 aromatic carbocycles. The summed E-state index contributed by atoms with van der Waals surface area (Å²) in [7, 11) is 0. The monoisotopic (exact) mass is 413 g/mol. The molecule has 0 radical (unpaired) electrons. The maximum Gasteiger partial charge on any atom is 0.164 e. The van der Waals surface area contributed by atoms with E-state index in [0.29, 0.717) is 12.5 Å². The molecule has 1 saturated carbocycles. The van der Waals surface area contributed by atoms with Gasteiger partial charge in [-0.2, -0.15) is 0 Å². The molecule has 156 valence electrons. The lowest BCUT2D eigenvalue weighted by molar-refractivity contribution is 0.00348. The van der Waals surface area contributed by atoms with Gasteiger partial charge in [-0.1, -0.05) is 55.5 Å². The van der Waals surface area contributed by atoms with Crippen molar-refractivity contribution < 1.29 is 9.90 Å². The van der Waals surface area contributed by atoms with E-state index < -0.39 is 0 Å². The number of nitrogens with one attached hydrogen (secondary N) is 1. The van der Waals surface area contributed by atoms with Crippen molar-refractivity contribution in [3.8, 4) is 0 Å². The molecule has 1 fully saturated rings. The number of carbonyl (C=O) groups is 1. The summed E-state index contributed by atoms with van der Waals surface area (Å²) in [6.45, 7) is 2.85. The summed E-state index contributed by atoms with van der Waals surface area (Å²) in [5.74, 6) is 0.212. The van der Waals surface area contributed by atoms with Gasteiger partial charge in [0, 0.05) is 30.0 Å². The predicted molar refractivity (Wildman–Crippen MR) is 120 cm³/mol. The summed E-state index contributed by atoms with van der Waals surface area (Å²) in [6, 6.07) is 16.8. The maximum absolute atomic E-state index is 12.4. The summed E-state index contributed by atoms with van der Waals surface area (Å²) < 4.78 is 0. The molecule has 29 heavy (non-hydrogen) atoms. The second-order valence-electron chi connectivity index (χ2n) is 8.59. The zero-order chi connectivity index (χ0) is 19.6. The minimum atomic E-state index is -0.322. The van der Waals surface area contributed by atoms with Crippen LogP contribution >= 0.6 is 12.4 Å². The number of ketones is 1. The zero-order valence-electron chi connectivity index (χ0n) is 17.2. The normalized spacial score (nSPS) is 25.4. The Hall–Kier alpha value is -1.68. The van der Waals surface area contributed by atoms with E-state index in [-0.39, 0.29) is 29.7 Å². The summed E-state index contributed by atoms with van der Waals surface area (Å²) in [4.78, 5) is 12.4. The third kappa shape index (κ3) is 4.58. The number of halogens is 1. The molecule has 3 nitrogen and oxygen atoms in total. The first-order valence-electron chi connectivity index (χ1n) is 10.7. The van der Waals surface area contributed by atoms with E-state index in [4.69, 9.17) is 0 Å². The average molecular weight is 414 g/mol. The topological polar surface area (TPSA) is 49.3 Å². The van der Waals surface area contributed by atoms with Crippen LogP contribution in [0.25, 0.3) is 0 Å². The SMILES string of the molecule is CCc1ccc(C(=O)CCNC2CCC3(CC2)Cc2ccccc2C3O)cc1.Cl. The van der Waals surface area contributed by atoms with Gasteiger partial charge in [0.25, 0.3) is 0 Å². The highest BCUT2D eigenvalue weighted by molar-refractivity contribution is 5.96. The molecular formula is C25H32ClNO2. The molecule has 0 aromatic heterocycles. The highest BCUT2D eigenvalue weighted by Crippen LogP contribution is 2.53. The summed E-state index contributed by atoms with van der Waals surface area (Å²) >= 11 is 0. The molecule has 4 heteroatoms. The molecule has 1 spiro atoms. The first-order valence-corrected chi connectivity index (χ1v) is 10.7. The van der Waals surface area contributed by atoms with Crippen LogP contribution in [0.4, 0.5) is 0 Å². The van der Waals surface area contributed by atoms with Crippen LogP contribution in [0.2, 0.25) is 0 Å². The number of fused-ring (bicyclic) bond motifs is 1. The van der Waals surface area contributed by atoms with Crippen molar-refractivity contribution in [1.82, 2.24) is 5.32 Å². The molecule has 0 amide bonds. The molecule has 2 aliphatic rings. The van der Waals surface area contributed by atoms with Gasteiger partial charge in [0.2, 0.25) is 0 Å². The number of rotatable bonds is 6. The smallest absolute Gasteiger partial charge is 0.164 e. The number of carbonyl (C=O) groups excluding carboxylic acids is 1. The van der Waals surface area contributed by atoms with Crippen molar-refractivity contribution in [3.05, 3.63) is 70.8 Å². The first-order chi connectivity index (χ1) is 13.6. The van der Waals surface area contributed by atoms with Crippen molar-refractivity contribution in [1.29, 1.82) is 0 Å². The number of benzene rings is 2. The predicted octanol–water partition coefficient (Wildman–Crippen LogP) is 5.05. The Kier molecular flexibility index (Phi) is 7.15. The lowest BCUT2D eigenvalue weighted by Crippen LogP contribution is -2.40. The second kappa shape index (κ2) is 9.42. The highest BCUT2D eigenvalue weighted by atomic mass is 35.5. The second-order valence-corrected chi connectivity index (χ2v) is 8.59. The Morgan fingerprint density at radius 3 is 2.45 bits per heavy atom. The van der Waals surface area contributed by atoms with Gasteiger partial charge in [0.15, 0.2) is 5.78 Å². The number of aliphatic hydroxyl groups is 1. The third-order valence-electron chi connectivity index (χ3n) is 6.92. The van der Waals surface area contributed by atoms with Gasteiger partial charge in [0.05, 0.1) is 6.10 Å². The number of hydrogen-bond donors (Lipinski definition) is 2. The summed E-state index contributed by atoms with van der Waals surface area (Å²) in [5.41, 5.74) is 4.56. The summed E-state index contributed by atoms with van der Waals surface area (Å²) in [5, 5.41) is 14.5. The van der Waals surface area contributed by atoms with Gasteiger partial charge < -0.3 is 10.4 Å². The fraction of sp³-hybridized carbons (Fsp3) is 0.480. The molecular weight excluding hydrogens is 382 g/mol. The van der Waals surface area contributed by atoms with Gasteiger partial charge in [-0.05, 0) is 55.2 Å². The van der Waals surface area contributed by atoms with E-state index in [0.717, 1.165) is 56.2 Å². The highest BCUT2D eigenvalue weighted by Gasteiger charge is 2.46. The Morgan fingerprint density at radius 2 is 1.79 bits per heavy atom. The Bertz CT molecular complexity index is 825. The molecule has 0 bridgehead atoms. The minimum absolute atomic E-state index is 0. The van der Waals surface area contributed by atoms with Crippen LogP contribution in [0.1, 0.15) is 72.2 Å². The van der Waals surface area contributed by atoms with Crippen molar-refractivity contribution in [2.45, 2.75) is 64.0 Å². The van der Waals surface area contributed by atoms with Crippen LogP contribution in [0.5, 0.6) is 0 Å². The molecule has 0 saturated heterocycles. The van der Waals surface area contributed by atoms with Crippen molar-refractivity contribution in [2.24, 2.45) is 5.41 Å². The van der Waals surface area contributed by atoms with E-state index in [2.05, 4.69) is 30.4 Å². The Morgan fingerprint density at radius 1 is 1.10 bits per heavy atom. The average Bonchev–Trinajstić information content (AvgIpc) is 3.01. The van der Waals surface area contributed by atoms with Crippen molar-refractivity contribution >= 4 is 18.2 Å². The van der Waals surface area contributed by atoms with Gasteiger partial charge in [-0.25, -0.2) is 0 Å². The largest absolute Gasteiger partial charge is 0.388 e. The zero-order valence-corrected chi connectivity index (χ0v) is 18.0. The first kappa shape index (κ1) is 22.0. The number of aryl methyl sites for hydroxylation is 1. The van der Waals surface area contributed by atoms with Crippen LogP contribution < -0.4 is 5.32 Å². The van der Waals surface area contributed by atoms with Crippen LogP contribution in [-0.4, -0.2) is 23.5 Å². The maximum atomic E-state index is 12.4. The van der Waals surface area contributed by atoms with Crippen LogP contribution in [0, 0.1) is 5.41 Å². The van der Waals surface area contributed by atoms with Crippen molar-refractivity contribution in [3.63, 3.8) is 0 Å². The van der Waals surface area contributed by atoms with E-state index in [9.17, 15) is 9.90 Å². The standard InChI is InChI=1S/C25H31NO2.ClH/c1-2-18-7-9-19(10-8-18)23(27)13-16-26-21-11-14-25(15-12-21)17-20-5-3-4-6-22(20)24(25)28;/h3-10,21,24,26,28H,2,11-17H2,1H3;1H. The number of Topliss-reactive ketones (excluding diaryl/α,β-unsaturated/α-hetero) is 1. The lowest BCUT2D eigenvalue weighted by atomic mass is 9.69. The van der Waals surface area contributed by atoms with Gasteiger partial charge >= 0.3 is 0 Å². The van der Waals surface area contributed by atoms with E-state index >= 15 is 0 Å². The van der Waals surface area contributed by atoms with Gasteiger partial charge in [0.1, 0.15) is 0 Å².